The molecule has 11 nitrogen and oxygen atoms in total. The highest BCUT2D eigenvalue weighted by atomic mass is 33.1. The number of aliphatic hydroxyl groups is 4. The summed E-state index contributed by atoms with van der Waals surface area (Å²) in [6, 6.07) is 19.1. The van der Waals surface area contributed by atoms with E-state index in [-0.39, 0.29) is 86.9 Å². The molecule has 5 aromatic carbocycles. The van der Waals surface area contributed by atoms with Gasteiger partial charge in [-0.05, 0) is 180 Å². The molecule has 0 spiro atoms. The van der Waals surface area contributed by atoms with Crippen LogP contribution >= 0.6 is 64.8 Å². The third-order valence-electron chi connectivity index (χ3n) is 20.7. The number of fused-ring (bicyclic) bond motifs is 6. The number of phenolic OH excluding ortho intramolecular Hbond substituents is 2. The van der Waals surface area contributed by atoms with Gasteiger partial charge in [0.15, 0.2) is 5.76 Å². The monoisotopic (exact) mass is 1260 g/mol. The lowest BCUT2D eigenvalue weighted by atomic mass is 9.64. The van der Waals surface area contributed by atoms with Crippen LogP contribution in [-0.4, -0.2) is 94.8 Å². The fraction of sp³-hybridized carbons (Fsp3) is 0.544. The van der Waals surface area contributed by atoms with Crippen molar-refractivity contribution in [1.82, 2.24) is 5.32 Å². The first-order chi connectivity index (χ1) is 41.2. The van der Waals surface area contributed by atoms with E-state index in [4.69, 9.17) is 9.15 Å². The molecular weight excluding hydrogens is 1180 g/mol. The maximum Gasteiger partial charge on any atom is 0.238 e. The summed E-state index contributed by atoms with van der Waals surface area (Å²) < 4.78 is 14.1. The summed E-state index contributed by atoms with van der Waals surface area (Å²) in [4.78, 5) is 15.8. The molecule has 3 fully saturated rings. The number of hydrogen-bond acceptors (Lipinski definition) is 17. The van der Waals surface area contributed by atoms with Crippen molar-refractivity contribution in [2.24, 2.45) is 23.7 Å². The molecule has 3 aliphatic carbocycles. The zero-order chi connectivity index (χ0) is 58.6. The van der Waals surface area contributed by atoms with Crippen LogP contribution < -0.4 is 15.5 Å². The third-order valence-corrected chi connectivity index (χ3v) is 28.9. The van der Waals surface area contributed by atoms with Crippen molar-refractivity contribution in [3.8, 4) is 45.4 Å². The number of nitrogens with one attached hydrogen (secondary N) is 1. The summed E-state index contributed by atoms with van der Waals surface area (Å²) in [5, 5.41) is 93.5. The molecule has 8 N–H and O–H groups in total. The van der Waals surface area contributed by atoms with Crippen molar-refractivity contribution in [3.63, 3.8) is 0 Å². The Balaban J connectivity index is 1.01. The summed E-state index contributed by atoms with van der Waals surface area (Å²) in [5.41, 5.74) is 8.25. The minimum Gasteiger partial charge on any atom is -0.507 e. The van der Waals surface area contributed by atoms with E-state index in [1.807, 2.05) is 38.4 Å². The van der Waals surface area contributed by atoms with Gasteiger partial charge < -0.3 is 50.2 Å². The van der Waals surface area contributed by atoms with E-state index in [2.05, 4.69) is 68.6 Å². The van der Waals surface area contributed by atoms with Crippen LogP contribution in [0.3, 0.4) is 0 Å². The van der Waals surface area contributed by atoms with Gasteiger partial charge in [-0.1, -0.05) is 135 Å². The SMILES string of the molecule is CCC1CC2SSCc3c4cc(CC(C)C)c(O)c3Cc3cccc(c3)C2NC1CSSCC1CCCC(O)(CCC2Cc3ccc5c6c7c(cc(c36)C2CCO)-c2c(O)cc3oc-4c(O)c(=O)c3c2OC2CC7C(O)C5SSCCCC2O)C1. The van der Waals surface area contributed by atoms with Crippen LogP contribution in [0.15, 0.2) is 63.8 Å². The summed E-state index contributed by atoms with van der Waals surface area (Å²) >= 11 is 0. The molecule has 11 aliphatic rings. The van der Waals surface area contributed by atoms with Gasteiger partial charge in [0.25, 0.3) is 0 Å². The molecule has 0 amide bonds. The predicted molar refractivity (Wildman–Crippen MR) is 353 cm³/mol. The Labute approximate surface area is 522 Å². The molecule has 85 heavy (non-hydrogen) atoms. The molecule has 19 bridgehead atoms. The van der Waals surface area contributed by atoms with E-state index in [0.29, 0.717) is 84.4 Å². The second-order valence-electron chi connectivity index (χ2n) is 26.4. The Morgan fingerprint density at radius 3 is 2.54 bits per heavy atom. The second kappa shape index (κ2) is 24.1. The lowest BCUT2D eigenvalue weighted by Crippen LogP contribution is -2.49. The Bertz CT molecular complexity index is 3630. The number of phenols is 2. The number of benzene rings is 5. The van der Waals surface area contributed by atoms with Crippen LogP contribution in [0.1, 0.15) is 171 Å². The van der Waals surface area contributed by atoms with Gasteiger partial charge in [-0.2, -0.15) is 0 Å². The molecule has 0 radical (unpaired) electrons. The van der Waals surface area contributed by atoms with E-state index in [0.717, 1.165) is 107 Å². The van der Waals surface area contributed by atoms with Crippen molar-refractivity contribution in [3.05, 3.63) is 115 Å². The number of aromatic hydroxyl groups is 3. The topological polar surface area (TPSA) is 193 Å². The third kappa shape index (κ3) is 10.7. The van der Waals surface area contributed by atoms with Crippen molar-refractivity contribution < 1.29 is 44.9 Å². The summed E-state index contributed by atoms with van der Waals surface area (Å²) in [6.45, 7) is 6.47. The van der Waals surface area contributed by atoms with Crippen molar-refractivity contribution >= 4 is 86.5 Å². The van der Waals surface area contributed by atoms with Gasteiger partial charge in [0.1, 0.15) is 34.3 Å². The fourth-order valence-electron chi connectivity index (χ4n) is 16.6. The second-order valence-corrected chi connectivity index (χ2v) is 34.2. The van der Waals surface area contributed by atoms with Crippen LogP contribution in [0.5, 0.6) is 23.0 Å². The largest absolute Gasteiger partial charge is 0.507 e. The Morgan fingerprint density at radius 2 is 1.71 bits per heavy atom. The lowest BCUT2D eigenvalue weighted by Gasteiger charge is -2.44. The highest BCUT2D eigenvalue weighted by Crippen LogP contribution is 2.62. The first kappa shape index (κ1) is 59.3. The van der Waals surface area contributed by atoms with Gasteiger partial charge in [0.05, 0.1) is 28.6 Å². The van der Waals surface area contributed by atoms with Gasteiger partial charge >= 0.3 is 0 Å². The fourth-order valence-corrected chi connectivity index (χ4v) is 25.2. The molecule has 2 saturated heterocycles. The molecule has 17 rings (SSSR count). The minimum absolute atomic E-state index is 0.000480. The molecule has 13 unspecified atom stereocenters. The Kier molecular flexibility index (Phi) is 16.8. The van der Waals surface area contributed by atoms with E-state index < -0.39 is 41.0 Å². The van der Waals surface area contributed by atoms with Crippen LogP contribution in [0.25, 0.3) is 44.2 Å². The van der Waals surface area contributed by atoms with Crippen LogP contribution in [0.4, 0.5) is 0 Å². The number of aliphatic hydroxyl groups excluding tert-OH is 3. The van der Waals surface area contributed by atoms with E-state index >= 15 is 4.79 Å². The Morgan fingerprint density at radius 1 is 0.847 bits per heavy atom. The van der Waals surface area contributed by atoms with Gasteiger partial charge in [-0.15, -0.1) is 0 Å². The number of piperidine rings is 1. The van der Waals surface area contributed by atoms with E-state index in [1.54, 1.807) is 32.4 Å². The lowest BCUT2D eigenvalue weighted by molar-refractivity contribution is -0.0249. The van der Waals surface area contributed by atoms with Crippen LogP contribution in [0, 0.1) is 23.7 Å². The first-order valence-electron chi connectivity index (χ1n) is 31.3. The van der Waals surface area contributed by atoms with Crippen LogP contribution in [-0.2, 0) is 25.0 Å². The molecule has 13 atom stereocenters. The van der Waals surface area contributed by atoms with Gasteiger partial charge in [0, 0.05) is 76.5 Å². The van der Waals surface area contributed by atoms with E-state index in [9.17, 15) is 35.7 Å². The van der Waals surface area contributed by atoms with Crippen molar-refractivity contribution in [1.29, 1.82) is 0 Å². The van der Waals surface area contributed by atoms with Crippen LogP contribution in [0.2, 0.25) is 0 Å². The minimum atomic E-state index is -1.00. The smallest absolute Gasteiger partial charge is 0.238 e. The van der Waals surface area contributed by atoms with Crippen molar-refractivity contribution in [2.45, 2.75) is 181 Å². The molecule has 9 heterocycles. The highest BCUT2D eigenvalue weighted by molar-refractivity contribution is 8.77. The normalized spacial score (nSPS) is 31.0. The Hall–Kier alpha value is -3.33. The molecule has 1 saturated carbocycles. The highest BCUT2D eigenvalue weighted by Gasteiger charge is 2.48. The standard InChI is InChI=1S/C68H79NO10S6/c1-4-36-25-54-60-39-10-5-8-34(21-39)22-44-48(31-83-84-54)45(24-40(61(44)73)20-33(2)3)65-64(76)63(75)59-53(79-65)28-51(72)57-46-26-43-41(15-18-70)37(14-17-68(77)16-6-9-35(29-68)30-81-82-32-49(36)69-60)23-38-12-13-42-58(55(38)43)56(46)47-27-52(78-66(57)59)50(71)11-7-19-80-85-67(42)62(47)74/h5,8,10,12-13,21,24,26,28,33,35-37,41,47,49-50,52,54,60,62,67,69-74,76-77H,4,6-7,9,11,14-20,22-23,25,27,29-32H2,1-3H3. The first-order valence-corrected chi connectivity index (χ1v) is 38.5. The van der Waals surface area contributed by atoms with Crippen molar-refractivity contribution in [2.75, 3.05) is 23.9 Å². The number of rotatable bonds is 5. The van der Waals surface area contributed by atoms with Gasteiger partial charge in [-0.3, -0.25) is 4.79 Å². The molecule has 17 heteroatoms. The van der Waals surface area contributed by atoms with Gasteiger partial charge in [0.2, 0.25) is 11.2 Å². The molecular formula is C68H79NO10S6. The molecule has 452 valence electrons. The average molecular weight is 1260 g/mol. The molecule has 8 aliphatic heterocycles. The maximum absolute atomic E-state index is 15.8. The summed E-state index contributed by atoms with van der Waals surface area (Å²) in [6.07, 6.45) is 7.77. The van der Waals surface area contributed by atoms with E-state index in [1.165, 1.54) is 17.2 Å². The zero-order valence-corrected chi connectivity index (χ0v) is 53.5. The van der Waals surface area contributed by atoms with Gasteiger partial charge in [-0.25, -0.2) is 0 Å². The summed E-state index contributed by atoms with van der Waals surface area (Å²) in [5.74, 6) is 2.87. The quantitative estimate of drug-likeness (QED) is 0.0759. The number of ether oxygens (including phenoxy) is 1. The molecule has 1 aromatic heterocycles. The summed E-state index contributed by atoms with van der Waals surface area (Å²) in [7, 11) is 10.9. The predicted octanol–water partition coefficient (Wildman–Crippen LogP) is 14.8. The number of hydrogen-bond donors (Lipinski definition) is 8. The maximum atomic E-state index is 15.8. The average Bonchev–Trinajstić information content (AvgIpc) is 1.04. The molecule has 6 aromatic rings. The zero-order valence-electron chi connectivity index (χ0n) is 48.6.